The van der Waals surface area contributed by atoms with Gasteiger partial charge in [0.05, 0.1) is 11.3 Å². The van der Waals surface area contributed by atoms with Gasteiger partial charge >= 0.3 is 0 Å². The zero-order chi connectivity index (χ0) is 13.2. The van der Waals surface area contributed by atoms with Crippen LogP contribution in [0.2, 0.25) is 0 Å². The van der Waals surface area contributed by atoms with Gasteiger partial charge in [0.2, 0.25) is 0 Å². The van der Waals surface area contributed by atoms with Gasteiger partial charge in [-0.15, -0.1) is 0 Å². The third-order valence-corrected chi connectivity index (χ3v) is 3.90. The van der Waals surface area contributed by atoms with Crippen molar-refractivity contribution in [1.82, 2.24) is 5.32 Å². The van der Waals surface area contributed by atoms with E-state index in [4.69, 9.17) is 0 Å². The maximum atomic E-state index is 9.23. The Labute approximate surface area is 109 Å². The number of para-hydroxylation sites is 1. The Hall–Kier alpha value is -1.53. The molecule has 1 unspecified atom stereocenters. The lowest BCUT2D eigenvalue weighted by molar-refractivity contribution is 0.301. The zero-order valence-electron chi connectivity index (χ0n) is 11.4. The summed E-state index contributed by atoms with van der Waals surface area (Å²) in [6, 6.07) is 10.8. The van der Waals surface area contributed by atoms with E-state index in [0.29, 0.717) is 6.04 Å². The van der Waals surface area contributed by atoms with E-state index in [0.717, 1.165) is 30.6 Å². The third-order valence-electron chi connectivity index (χ3n) is 3.90. The second-order valence-corrected chi connectivity index (χ2v) is 5.57. The minimum absolute atomic E-state index is 0.0822. The van der Waals surface area contributed by atoms with Crippen LogP contribution < -0.4 is 10.2 Å². The van der Waals surface area contributed by atoms with Gasteiger partial charge in [0.15, 0.2) is 0 Å². The number of anilines is 1. The van der Waals surface area contributed by atoms with Crippen LogP contribution in [0.3, 0.4) is 0 Å². The van der Waals surface area contributed by atoms with Crippen molar-refractivity contribution in [2.45, 2.75) is 38.3 Å². The topological polar surface area (TPSA) is 39.1 Å². The minimum atomic E-state index is 0.0822. The van der Waals surface area contributed by atoms with Crippen LogP contribution in [0.25, 0.3) is 0 Å². The molecule has 1 aromatic rings. The summed E-state index contributed by atoms with van der Waals surface area (Å²) in [6.07, 6.45) is 2.23. The molecule has 0 radical (unpaired) electrons. The van der Waals surface area contributed by atoms with Crippen LogP contribution in [0, 0.1) is 11.3 Å². The largest absolute Gasteiger partial charge is 0.365 e. The lowest BCUT2D eigenvalue weighted by Gasteiger charge is -2.47. The summed E-state index contributed by atoms with van der Waals surface area (Å²) in [5.41, 5.74) is 1.92. The Balaban J connectivity index is 2.31. The SMILES string of the molecule is CNC1CCN(c2ccccc2C#N)C(C)(C)C1. The molecule has 0 saturated carbocycles. The van der Waals surface area contributed by atoms with Crippen molar-refractivity contribution in [2.75, 3.05) is 18.5 Å². The molecule has 1 fully saturated rings. The van der Waals surface area contributed by atoms with Gasteiger partial charge in [-0.3, -0.25) is 0 Å². The number of nitrogens with zero attached hydrogens (tertiary/aromatic N) is 2. The number of piperidine rings is 1. The van der Waals surface area contributed by atoms with Crippen LogP contribution in [0.5, 0.6) is 0 Å². The molecule has 0 spiro atoms. The maximum Gasteiger partial charge on any atom is 0.101 e. The van der Waals surface area contributed by atoms with Crippen LogP contribution in [0.15, 0.2) is 24.3 Å². The Morgan fingerprint density at radius 1 is 1.39 bits per heavy atom. The molecule has 3 nitrogen and oxygen atoms in total. The molecule has 0 amide bonds. The average Bonchev–Trinajstić information content (AvgIpc) is 2.37. The highest BCUT2D eigenvalue weighted by molar-refractivity contribution is 5.61. The summed E-state index contributed by atoms with van der Waals surface area (Å²) in [4.78, 5) is 2.37. The van der Waals surface area contributed by atoms with Gasteiger partial charge in [0, 0.05) is 18.1 Å². The van der Waals surface area contributed by atoms with Gasteiger partial charge in [-0.25, -0.2) is 0 Å². The van der Waals surface area contributed by atoms with Crippen molar-refractivity contribution in [3.05, 3.63) is 29.8 Å². The predicted octanol–water partition coefficient (Wildman–Crippen LogP) is 2.53. The molecule has 2 rings (SSSR count). The summed E-state index contributed by atoms with van der Waals surface area (Å²) in [7, 11) is 2.03. The van der Waals surface area contributed by atoms with E-state index in [2.05, 4.69) is 36.2 Å². The number of rotatable bonds is 2. The first-order valence-corrected chi connectivity index (χ1v) is 6.52. The Bertz CT molecular complexity index is 459. The summed E-state index contributed by atoms with van der Waals surface area (Å²) in [5, 5.41) is 12.6. The van der Waals surface area contributed by atoms with Crippen LogP contribution >= 0.6 is 0 Å². The maximum absolute atomic E-state index is 9.23. The lowest BCUT2D eigenvalue weighted by Crippen LogP contribution is -2.54. The van der Waals surface area contributed by atoms with Crippen molar-refractivity contribution >= 4 is 5.69 Å². The lowest BCUT2D eigenvalue weighted by atomic mass is 9.86. The molecule has 1 N–H and O–H groups in total. The van der Waals surface area contributed by atoms with E-state index in [1.54, 1.807) is 0 Å². The van der Waals surface area contributed by atoms with Gasteiger partial charge in [0.25, 0.3) is 0 Å². The van der Waals surface area contributed by atoms with Gasteiger partial charge in [-0.05, 0) is 45.9 Å². The quantitative estimate of drug-likeness (QED) is 0.867. The zero-order valence-corrected chi connectivity index (χ0v) is 11.4. The van der Waals surface area contributed by atoms with Crippen LogP contribution in [-0.2, 0) is 0 Å². The molecule has 0 aromatic heterocycles. The standard InChI is InChI=1S/C15H21N3/c1-15(2)10-13(17-3)8-9-18(15)14-7-5-4-6-12(14)11-16/h4-7,13,17H,8-10H2,1-3H3. The normalized spacial score (nSPS) is 22.6. The molecule has 18 heavy (non-hydrogen) atoms. The summed E-state index contributed by atoms with van der Waals surface area (Å²) >= 11 is 0. The number of nitriles is 1. The number of hydrogen-bond acceptors (Lipinski definition) is 3. The molecule has 1 aliphatic heterocycles. The predicted molar refractivity (Wildman–Crippen MR) is 74.7 cm³/mol. The first-order chi connectivity index (χ1) is 8.58. The van der Waals surface area contributed by atoms with E-state index < -0.39 is 0 Å². The molecule has 1 heterocycles. The van der Waals surface area contributed by atoms with Crippen molar-refractivity contribution in [3.8, 4) is 6.07 Å². The van der Waals surface area contributed by atoms with Crippen molar-refractivity contribution in [1.29, 1.82) is 5.26 Å². The molecule has 1 atom stereocenters. The fourth-order valence-electron chi connectivity index (χ4n) is 2.90. The number of hydrogen-bond donors (Lipinski definition) is 1. The Morgan fingerprint density at radius 2 is 2.11 bits per heavy atom. The van der Waals surface area contributed by atoms with Gasteiger partial charge in [0.1, 0.15) is 6.07 Å². The molecule has 3 heteroatoms. The Morgan fingerprint density at radius 3 is 2.72 bits per heavy atom. The van der Waals surface area contributed by atoms with Crippen molar-refractivity contribution in [2.24, 2.45) is 0 Å². The smallest absolute Gasteiger partial charge is 0.101 e. The molecular formula is C15H21N3. The van der Waals surface area contributed by atoms with Gasteiger partial charge in [-0.1, -0.05) is 12.1 Å². The van der Waals surface area contributed by atoms with Crippen LogP contribution in [0.4, 0.5) is 5.69 Å². The van der Waals surface area contributed by atoms with Crippen molar-refractivity contribution < 1.29 is 0 Å². The molecule has 0 aliphatic carbocycles. The first-order valence-electron chi connectivity index (χ1n) is 6.52. The summed E-state index contributed by atoms with van der Waals surface area (Å²) < 4.78 is 0. The minimum Gasteiger partial charge on any atom is -0.365 e. The van der Waals surface area contributed by atoms with Crippen LogP contribution in [-0.4, -0.2) is 25.2 Å². The average molecular weight is 243 g/mol. The van der Waals surface area contributed by atoms with E-state index in [9.17, 15) is 5.26 Å². The van der Waals surface area contributed by atoms with Crippen LogP contribution in [0.1, 0.15) is 32.3 Å². The summed E-state index contributed by atoms with van der Waals surface area (Å²) in [6.45, 7) is 5.51. The Kier molecular flexibility index (Phi) is 3.58. The fourth-order valence-corrected chi connectivity index (χ4v) is 2.90. The monoisotopic (exact) mass is 243 g/mol. The molecule has 1 aromatic carbocycles. The molecule has 96 valence electrons. The van der Waals surface area contributed by atoms with E-state index in [-0.39, 0.29) is 5.54 Å². The highest BCUT2D eigenvalue weighted by Gasteiger charge is 2.35. The summed E-state index contributed by atoms with van der Waals surface area (Å²) in [5.74, 6) is 0. The van der Waals surface area contributed by atoms with Crippen molar-refractivity contribution in [3.63, 3.8) is 0 Å². The number of nitrogens with one attached hydrogen (secondary N) is 1. The molecule has 1 aliphatic rings. The molecule has 0 bridgehead atoms. The highest BCUT2D eigenvalue weighted by atomic mass is 15.2. The third kappa shape index (κ3) is 2.34. The van der Waals surface area contributed by atoms with E-state index in [1.807, 2.05) is 25.2 Å². The number of benzene rings is 1. The van der Waals surface area contributed by atoms with Gasteiger partial charge in [-0.2, -0.15) is 5.26 Å². The second-order valence-electron chi connectivity index (χ2n) is 5.57. The second kappa shape index (κ2) is 4.99. The van der Waals surface area contributed by atoms with E-state index in [1.165, 1.54) is 0 Å². The fraction of sp³-hybridized carbons (Fsp3) is 0.533. The highest BCUT2D eigenvalue weighted by Crippen LogP contribution is 2.34. The van der Waals surface area contributed by atoms with E-state index >= 15 is 0 Å². The first kappa shape index (κ1) is 12.9. The molecular weight excluding hydrogens is 222 g/mol. The molecule has 1 saturated heterocycles. The van der Waals surface area contributed by atoms with Gasteiger partial charge < -0.3 is 10.2 Å².